The van der Waals surface area contributed by atoms with E-state index in [1.807, 2.05) is 0 Å². The van der Waals surface area contributed by atoms with E-state index < -0.39 is 11.9 Å². The molecule has 0 aromatic carbocycles. The Labute approximate surface area is 138 Å². The Balaban J connectivity index is 1.82. The van der Waals surface area contributed by atoms with E-state index in [2.05, 4.69) is 15.6 Å². The lowest BCUT2D eigenvalue weighted by Gasteiger charge is -2.10. The molecule has 128 valence electrons. The summed E-state index contributed by atoms with van der Waals surface area (Å²) in [7, 11) is 1.45. The number of amides is 2. The van der Waals surface area contributed by atoms with Gasteiger partial charge in [-0.15, -0.1) is 0 Å². The van der Waals surface area contributed by atoms with Crippen LogP contribution in [0.5, 0.6) is 0 Å². The smallest absolute Gasteiger partial charge is 0.356 e. The number of ether oxygens (including phenoxy) is 2. The molecule has 2 fully saturated rings. The number of pyridine rings is 1. The average Bonchev–Trinajstić information content (AvgIpc) is 3.01. The van der Waals surface area contributed by atoms with Crippen molar-refractivity contribution in [2.75, 3.05) is 26.9 Å². The van der Waals surface area contributed by atoms with Crippen LogP contribution in [-0.4, -0.2) is 55.7 Å². The summed E-state index contributed by atoms with van der Waals surface area (Å²) in [5.41, 5.74) is 0.132. The zero-order valence-electron chi connectivity index (χ0n) is 13.5. The van der Waals surface area contributed by atoms with Gasteiger partial charge in [-0.2, -0.15) is 0 Å². The van der Waals surface area contributed by atoms with E-state index in [0.717, 1.165) is 0 Å². The number of nitrogens with one attached hydrogen (secondary N) is 2. The largest absolute Gasteiger partial charge is 0.461 e. The zero-order chi connectivity index (χ0) is 17.3. The highest BCUT2D eigenvalue weighted by Crippen LogP contribution is 2.44. The third-order valence-corrected chi connectivity index (χ3v) is 4.28. The number of nitrogens with zero attached hydrogens (tertiary/aromatic N) is 1. The summed E-state index contributed by atoms with van der Waals surface area (Å²) in [6, 6.07) is 2.80. The molecule has 2 heterocycles. The van der Waals surface area contributed by atoms with Gasteiger partial charge in [0.15, 0.2) is 0 Å². The predicted molar refractivity (Wildman–Crippen MR) is 82.6 cm³/mol. The number of hydrogen-bond donors (Lipinski definition) is 2. The number of aromatic nitrogens is 1. The standard InChI is InChI=1S/C16H19N3O5/c1-3-24-16(22)12-5-8(4-11(18-12)15(21)17-2)14(20)19-13-9-6-23-7-10(9)13/h4-5,9-10,13H,3,6-7H2,1-2H3,(H,17,21)(H,19,20)/t9-,10+,13?. The minimum atomic E-state index is -0.672. The Morgan fingerprint density at radius 1 is 1.21 bits per heavy atom. The number of esters is 1. The normalized spacial score (nSPS) is 24.0. The summed E-state index contributed by atoms with van der Waals surface area (Å²) in [4.78, 5) is 40.2. The van der Waals surface area contributed by atoms with E-state index in [1.165, 1.54) is 19.2 Å². The van der Waals surface area contributed by atoms with Crippen LogP contribution < -0.4 is 10.6 Å². The summed E-state index contributed by atoms with van der Waals surface area (Å²) < 4.78 is 10.2. The second-order valence-electron chi connectivity index (χ2n) is 5.79. The van der Waals surface area contributed by atoms with E-state index in [-0.39, 0.29) is 35.5 Å². The molecule has 3 atom stereocenters. The van der Waals surface area contributed by atoms with Crippen LogP contribution in [-0.2, 0) is 9.47 Å². The highest BCUT2D eigenvalue weighted by molar-refractivity contribution is 6.01. The number of rotatable bonds is 5. The molecule has 1 aromatic rings. The van der Waals surface area contributed by atoms with Gasteiger partial charge in [-0.3, -0.25) is 9.59 Å². The van der Waals surface area contributed by atoms with Crippen molar-refractivity contribution in [3.8, 4) is 0 Å². The van der Waals surface area contributed by atoms with Crippen LogP contribution in [0.15, 0.2) is 12.1 Å². The van der Waals surface area contributed by atoms with Crippen LogP contribution in [0.25, 0.3) is 0 Å². The molecular weight excluding hydrogens is 314 g/mol. The number of carbonyl (C=O) groups is 3. The van der Waals surface area contributed by atoms with E-state index >= 15 is 0 Å². The van der Waals surface area contributed by atoms with Gasteiger partial charge in [0.25, 0.3) is 11.8 Å². The summed E-state index contributed by atoms with van der Waals surface area (Å²) in [6.45, 7) is 3.16. The molecule has 8 nitrogen and oxygen atoms in total. The zero-order valence-corrected chi connectivity index (χ0v) is 13.5. The van der Waals surface area contributed by atoms with Crippen molar-refractivity contribution in [1.29, 1.82) is 0 Å². The SMILES string of the molecule is CCOC(=O)c1cc(C(=O)NC2[C@H]3COC[C@@H]23)cc(C(=O)NC)n1. The molecule has 1 aliphatic heterocycles. The molecule has 0 radical (unpaired) electrons. The Morgan fingerprint density at radius 2 is 1.88 bits per heavy atom. The summed E-state index contributed by atoms with van der Waals surface area (Å²) in [5, 5.41) is 5.35. The number of hydrogen-bond acceptors (Lipinski definition) is 6. The molecule has 1 aromatic heterocycles. The third-order valence-electron chi connectivity index (χ3n) is 4.28. The molecule has 8 heteroatoms. The van der Waals surface area contributed by atoms with Crippen molar-refractivity contribution < 1.29 is 23.9 Å². The number of carbonyl (C=O) groups excluding carboxylic acids is 3. The van der Waals surface area contributed by atoms with Crippen molar-refractivity contribution >= 4 is 17.8 Å². The molecule has 3 rings (SSSR count). The molecule has 1 saturated carbocycles. The molecule has 2 amide bonds. The van der Waals surface area contributed by atoms with Gasteiger partial charge in [0, 0.05) is 30.5 Å². The Kier molecular flexibility index (Phi) is 4.48. The van der Waals surface area contributed by atoms with Crippen LogP contribution >= 0.6 is 0 Å². The van der Waals surface area contributed by atoms with E-state index in [9.17, 15) is 14.4 Å². The van der Waals surface area contributed by atoms with Gasteiger partial charge >= 0.3 is 5.97 Å². The summed E-state index contributed by atoms with van der Waals surface area (Å²) >= 11 is 0. The highest BCUT2D eigenvalue weighted by atomic mass is 16.5. The predicted octanol–water partition coefficient (Wildman–Crippen LogP) is -0.00750. The van der Waals surface area contributed by atoms with Crippen molar-refractivity contribution in [2.24, 2.45) is 11.8 Å². The average molecular weight is 333 g/mol. The molecule has 1 saturated heterocycles. The highest BCUT2D eigenvalue weighted by Gasteiger charge is 2.54. The first-order valence-electron chi connectivity index (χ1n) is 7.85. The monoisotopic (exact) mass is 333 g/mol. The van der Waals surface area contributed by atoms with E-state index in [4.69, 9.17) is 9.47 Å². The van der Waals surface area contributed by atoms with E-state index in [0.29, 0.717) is 25.0 Å². The molecule has 2 N–H and O–H groups in total. The van der Waals surface area contributed by atoms with Crippen LogP contribution in [0.1, 0.15) is 38.3 Å². The second-order valence-corrected chi connectivity index (χ2v) is 5.79. The second kappa shape index (κ2) is 6.56. The maximum Gasteiger partial charge on any atom is 0.356 e. The molecular formula is C16H19N3O5. The third kappa shape index (κ3) is 3.09. The Morgan fingerprint density at radius 3 is 2.50 bits per heavy atom. The van der Waals surface area contributed by atoms with Crippen molar-refractivity contribution in [1.82, 2.24) is 15.6 Å². The summed E-state index contributed by atoms with van der Waals surface area (Å²) in [6.07, 6.45) is 0. The first kappa shape index (κ1) is 16.4. The van der Waals surface area contributed by atoms with Gasteiger partial charge < -0.3 is 20.1 Å². The fraction of sp³-hybridized carbons (Fsp3) is 0.500. The van der Waals surface area contributed by atoms with Crippen LogP contribution in [0.2, 0.25) is 0 Å². The fourth-order valence-electron chi connectivity index (χ4n) is 2.90. The Bertz CT molecular complexity index is 680. The van der Waals surface area contributed by atoms with Crippen LogP contribution in [0.4, 0.5) is 0 Å². The topological polar surface area (TPSA) is 107 Å². The Hall–Kier alpha value is -2.48. The van der Waals surface area contributed by atoms with Gasteiger partial charge in [0.2, 0.25) is 0 Å². The van der Waals surface area contributed by atoms with Crippen molar-refractivity contribution in [2.45, 2.75) is 13.0 Å². The lowest BCUT2D eigenvalue weighted by Crippen LogP contribution is -2.31. The molecule has 24 heavy (non-hydrogen) atoms. The van der Waals surface area contributed by atoms with Gasteiger partial charge in [-0.05, 0) is 19.1 Å². The summed E-state index contributed by atoms with van der Waals surface area (Å²) in [5.74, 6) is -0.772. The molecule has 1 unspecified atom stereocenters. The minimum absolute atomic E-state index is 0.00692. The lowest BCUT2D eigenvalue weighted by molar-refractivity contribution is 0.0519. The van der Waals surface area contributed by atoms with Crippen molar-refractivity contribution in [3.63, 3.8) is 0 Å². The maximum atomic E-state index is 12.5. The molecule has 0 bridgehead atoms. The van der Waals surface area contributed by atoms with Gasteiger partial charge in [0.1, 0.15) is 11.4 Å². The van der Waals surface area contributed by atoms with Crippen LogP contribution in [0.3, 0.4) is 0 Å². The first-order valence-corrected chi connectivity index (χ1v) is 7.85. The fourth-order valence-corrected chi connectivity index (χ4v) is 2.90. The molecule has 2 aliphatic rings. The lowest BCUT2D eigenvalue weighted by atomic mass is 10.1. The number of fused-ring (bicyclic) bond motifs is 1. The van der Waals surface area contributed by atoms with Gasteiger partial charge in [-0.25, -0.2) is 9.78 Å². The van der Waals surface area contributed by atoms with Gasteiger partial charge in [-0.1, -0.05) is 0 Å². The maximum absolute atomic E-state index is 12.5. The molecule has 1 aliphatic carbocycles. The van der Waals surface area contributed by atoms with Crippen LogP contribution in [0, 0.1) is 11.8 Å². The quantitative estimate of drug-likeness (QED) is 0.734. The van der Waals surface area contributed by atoms with Crippen molar-refractivity contribution in [3.05, 3.63) is 29.1 Å². The van der Waals surface area contributed by atoms with Gasteiger partial charge in [0.05, 0.1) is 19.8 Å². The van der Waals surface area contributed by atoms with E-state index in [1.54, 1.807) is 6.92 Å². The first-order chi connectivity index (χ1) is 11.5. The minimum Gasteiger partial charge on any atom is -0.461 e. The molecule has 0 spiro atoms.